The van der Waals surface area contributed by atoms with E-state index in [1.54, 1.807) is 23.5 Å². The largest absolute Gasteiger partial charge is 0.350 e. The van der Waals surface area contributed by atoms with Gasteiger partial charge in [0.2, 0.25) is 0 Å². The summed E-state index contributed by atoms with van der Waals surface area (Å²) in [5.41, 5.74) is 1.05. The van der Waals surface area contributed by atoms with E-state index < -0.39 is 0 Å². The third-order valence-electron chi connectivity index (χ3n) is 4.49. The van der Waals surface area contributed by atoms with Gasteiger partial charge in [0.25, 0.3) is 5.91 Å². The lowest BCUT2D eigenvalue weighted by Gasteiger charge is -2.34. The van der Waals surface area contributed by atoms with Crippen molar-refractivity contribution in [1.82, 2.24) is 15.2 Å². The number of aromatic nitrogens is 1. The van der Waals surface area contributed by atoms with Crippen molar-refractivity contribution in [2.75, 3.05) is 44.2 Å². The number of thiazole rings is 1. The number of nitrogens with zero attached hydrogens (tertiary/aromatic N) is 3. The molecule has 0 saturated carbocycles. The van der Waals surface area contributed by atoms with Crippen LogP contribution >= 0.6 is 50.2 Å². The molecule has 142 valence electrons. The first-order chi connectivity index (χ1) is 13.1. The zero-order valence-electron chi connectivity index (χ0n) is 14.5. The molecule has 1 saturated heterocycles. The van der Waals surface area contributed by atoms with Crippen LogP contribution in [0.25, 0.3) is 10.2 Å². The van der Waals surface area contributed by atoms with Crippen LogP contribution < -0.4 is 10.2 Å². The van der Waals surface area contributed by atoms with E-state index in [1.165, 1.54) is 16.0 Å². The Morgan fingerprint density at radius 3 is 2.74 bits per heavy atom. The summed E-state index contributed by atoms with van der Waals surface area (Å²) in [6.45, 7) is 5.35. The van der Waals surface area contributed by atoms with Gasteiger partial charge in [-0.05, 0) is 30.3 Å². The fourth-order valence-electron chi connectivity index (χ4n) is 3.04. The molecule has 1 aromatic carbocycles. The number of rotatable bonds is 5. The number of benzene rings is 1. The first kappa shape index (κ1) is 19.1. The highest BCUT2D eigenvalue weighted by Gasteiger charge is 2.20. The smallest absolute Gasteiger partial charge is 0.261 e. The van der Waals surface area contributed by atoms with Crippen LogP contribution in [0, 0.1) is 0 Å². The molecule has 0 atom stereocenters. The molecule has 0 bridgehead atoms. The fourth-order valence-corrected chi connectivity index (χ4v) is 5.56. The Balaban J connectivity index is 1.25. The normalized spacial score (nSPS) is 15.4. The van der Waals surface area contributed by atoms with Crippen LogP contribution in [0.15, 0.2) is 34.8 Å². The number of amides is 1. The van der Waals surface area contributed by atoms with Crippen LogP contribution in [0.1, 0.15) is 9.67 Å². The molecule has 1 N–H and O–H groups in total. The molecule has 2 aromatic heterocycles. The van der Waals surface area contributed by atoms with Crippen molar-refractivity contribution < 1.29 is 4.79 Å². The quantitative estimate of drug-likeness (QED) is 0.584. The second-order valence-electron chi connectivity index (χ2n) is 6.30. The summed E-state index contributed by atoms with van der Waals surface area (Å²) < 4.78 is 2.93. The lowest BCUT2D eigenvalue weighted by Crippen LogP contribution is -2.48. The maximum absolute atomic E-state index is 12.0. The number of piperazine rings is 1. The average Bonchev–Trinajstić information content (AvgIpc) is 3.28. The minimum absolute atomic E-state index is 0.0498. The Hall–Kier alpha value is -1.19. The maximum Gasteiger partial charge on any atom is 0.261 e. The monoisotopic (exact) mass is 484 g/mol. The van der Waals surface area contributed by atoms with Crippen molar-refractivity contribution in [3.63, 3.8) is 0 Å². The lowest BCUT2D eigenvalue weighted by atomic mass is 10.3. The van der Waals surface area contributed by atoms with Crippen LogP contribution in [-0.2, 0) is 0 Å². The van der Waals surface area contributed by atoms with Gasteiger partial charge < -0.3 is 10.2 Å². The van der Waals surface area contributed by atoms with Gasteiger partial charge >= 0.3 is 0 Å². The van der Waals surface area contributed by atoms with Gasteiger partial charge in [0.15, 0.2) is 5.13 Å². The molecule has 3 heterocycles. The Bertz CT molecular complexity index is 952. The van der Waals surface area contributed by atoms with Crippen molar-refractivity contribution in [3.8, 4) is 0 Å². The predicted octanol–water partition coefficient (Wildman–Crippen LogP) is 4.33. The average molecular weight is 486 g/mol. The molecule has 1 amide bonds. The van der Waals surface area contributed by atoms with Crippen molar-refractivity contribution in [2.45, 2.75) is 0 Å². The molecule has 0 spiro atoms. The van der Waals surface area contributed by atoms with E-state index >= 15 is 0 Å². The molecule has 4 rings (SSSR count). The summed E-state index contributed by atoms with van der Waals surface area (Å²) in [5, 5.41) is 4.06. The summed E-state index contributed by atoms with van der Waals surface area (Å²) in [6, 6.07) is 9.72. The summed E-state index contributed by atoms with van der Waals surface area (Å²) in [7, 11) is 0. The summed E-state index contributed by atoms with van der Waals surface area (Å²) in [4.78, 5) is 22.2. The van der Waals surface area contributed by atoms with E-state index in [-0.39, 0.29) is 5.91 Å². The Kier molecular flexibility index (Phi) is 5.99. The molecular weight excluding hydrogens is 468 g/mol. The molecule has 1 aliphatic rings. The minimum atomic E-state index is -0.0498. The van der Waals surface area contributed by atoms with Crippen molar-refractivity contribution in [2.24, 2.45) is 0 Å². The van der Waals surface area contributed by atoms with E-state index in [1.807, 2.05) is 6.07 Å². The molecule has 0 radical (unpaired) electrons. The van der Waals surface area contributed by atoms with Gasteiger partial charge in [0, 0.05) is 43.7 Å². The number of anilines is 1. The predicted molar refractivity (Wildman–Crippen MR) is 118 cm³/mol. The Morgan fingerprint density at radius 1 is 1.19 bits per heavy atom. The maximum atomic E-state index is 12.0. The molecule has 9 heteroatoms. The van der Waals surface area contributed by atoms with E-state index in [9.17, 15) is 4.79 Å². The standard InChI is InChI=1S/C18H18BrClN4OS2/c19-12-1-2-13-15(11-12)27-18(22-13)24-9-7-23(8-10-24)6-5-21-17(25)14-3-4-16(20)26-14/h1-4,11H,5-10H2,(H,21,25). The number of fused-ring (bicyclic) bond motifs is 1. The van der Waals surface area contributed by atoms with Crippen LogP contribution in [0.3, 0.4) is 0 Å². The van der Waals surface area contributed by atoms with Crippen molar-refractivity contribution in [3.05, 3.63) is 44.0 Å². The highest BCUT2D eigenvalue weighted by molar-refractivity contribution is 9.10. The SMILES string of the molecule is O=C(NCCN1CCN(c2nc3ccc(Br)cc3s2)CC1)c1ccc(Cl)s1. The topological polar surface area (TPSA) is 48.5 Å². The van der Waals surface area contributed by atoms with Gasteiger partial charge in [-0.15, -0.1) is 11.3 Å². The number of thiophene rings is 1. The zero-order valence-corrected chi connectivity index (χ0v) is 18.4. The summed E-state index contributed by atoms with van der Waals surface area (Å²) in [6.07, 6.45) is 0. The number of carbonyl (C=O) groups is 1. The number of halogens is 2. The van der Waals surface area contributed by atoms with Gasteiger partial charge in [-0.2, -0.15) is 0 Å². The second-order valence-corrected chi connectivity index (χ2v) is 9.94. The van der Waals surface area contributed by atoms with Crippen molar-refractivity contribution >= 4 is 71.5 Å². The molecule has 1 fully saturated rings. The van der Waals surface area contributed by atoms with Crippen LogP contribution in [-0.4, -0.2) is 55.1 Å². The van der Waals surface area contributed by atoms with Crippen LogP contribution in [0.4, 0.5) is 5.13 Å². The number of hydrogen-bond acceptors (Lipinski definition) is 6. The molecule has 5 nitrogen and oxygen atoms in total. The van der Waals surface area contributed by atoms with E-state index in [0.717, 1.165) is 47.8 Å². The van der Waals surface area contributed by atoms with Crippen molar-refractivity contribution in [1.29, 1.82) is 0 Å². The van der Waals surface area contributed by atoms with Gasteiger partial charge in [-0.3, -0.25) is 9.69 Å². The zero-order chi connectivity index (χ0) is 18.8. The van der Waals surface area contributed by atoms with E-state index in [2.05, 4.69) is 43.2 Å². The minimum Gasteiger partial charge on any atom is -0.350 e. The van der Waals surface area contributed by atoms with E-state index in [4.69, 9.17) is 16.6 Å². The fraction of sp³-hybridized carbons (Fsp3) is 0.333. The molecule has 3 aromatic rings. The first-order valence-electron chi connectivity index (χ1n) is 8.65. The summed E-state index contributed by atoms with van der Waals surface area (Å²) in [5.74, 6) is -0.0498. The van der Waals surface area contributed by atoms with Gasteiger partial charge in [-0.1, -0.05) is 38.9 Å². The van der Waals surface area contributed by atoms with Crippen LogP contribution in [0.2, 0.25) is 4.34 Å². The van der Waals surface area contributed by atoms with Crippen LogP contribution in [0.5, 0.6) is 0 Å². The Labute approximate surface area is 179 Å². The number of nitrogens with one attached hydrogen (secondary N) is 1. The molecule has 1 aliphatic heterocycles. The first-order valence-corrected chi connectivity index (χ1v) is 11.5. The Morgan fingerprint density at radius 2 is 2.00 bits per heavy atom. The molecule has 0 aliphatic carbocycles. The lowest BCUT2D eigenvalue weighted by molar-refractivity contribution is 0.0952. The van der Waals surface area contributed by atoms with Gasteiger partial charge in [0.05, 0.1) is 19.4 Å². The molecule has 0 unspecified atom stereocenters. The molecular formula is C18H18BrClN4OS2. The third kappa shape index (κ3) is 4.63. The van der Waals surface area contributed by atoms with Gasteiger partial charge in [0.1, 0.15) is 0 Å². The van der Waals surface area contributed by atoms with E-state index in [0.29, 0.717) is 15.8 Å². The highest BCUT2D eigenvalue weighted by atomic mass is 79.9. The third-order valence-corrected chi connectivity index (χ3v) is 7.29. The highest BCUT2D eigenvalue weighted by Crippen LogP contribution is 2.31. The van der Waals surface area contributed by atoms with Gasteiger partial charge in [-0.25, -0.2) is 4.98 Å². The molecule has 27 heavy (non-hydrogen) atoms. The second kappa shape index (κ2) is 8.45. The summed E-state index contributed by atoms with van der Waals surface area (Å²) >= 11 is 12.4. The number of hydrogen-bond donors (Lipinski definition) is 1. The number of carbonyl (C=O) groups excluding carboxylic acids is 1.